The highest BCUT2D eigenvalue weighted by molar-refractivity contribution is 5.97. The molecule has 0 saturated carbocycles. The molecule has 142 valence electrons. The van der Waals surface area contributed by atoms with E-state index in [9.17, 15) is 4.79 Å². The van der Waals surface area contributed by atoms with Crippen molar-refractivity contribution >= 4 is 17.4 Å². The summed E-state index contributed by atoms with van der Waals surface area (Å²) in [6, 6.07) is 14.0. The molecule has 1 fully saturated rings. The van der Waals surface area contributed by atoms with Gasteiger partial charge in [0.1, 0.15) is 0 Å². The SMILES string of the molecule is O=C(C1CCN(c2ccc(-n3cccn3)nn2)CC1)N1CCc2ccccc21. The molecule has 0 N–H and O–H groups in total. The molecule has 7 nitrogen and oxygen atoms in total. The zero-order valence-electron chi connectivity index (χ0n) is 15.6. The number of fused-ring (bicyclic) bond motifs is 1. The van der Waals surface area contributed by atoms with Gasteiger partial charge in [0, 0.05) is 43.6 Å². The van der Waals surface area contributed by atoms with Crippen LogP contribution in [0, 0.1) is 5.92 Å². The van der Waals surface area contributed by atoms with Gasteiger partial charge in [-0.15, -0.1) is 10.2 Å². The Morgan fingerprint density at radius 3 is 2.46 bits per heavy atom. The van der Waals surface area contributed by atoms with E-state index in [0.29, 0.717) is 5.82 Å². The molecular formula is C21H22N6O. The van der Waals surface area contributed by atoms with Gasteiger partial charge in [0.25, 0.3) is 0 Å². The maximum atomic E-state index is 13.1. The van der Waals surface area contributed by atoms with Gasteiger partial charge >= 0.3 is 0 Å². The fraction of sp³-hybridized carbons (Fsp3) is 0.333. The summed E-state index contributed by atoms with van der Waals surface area (Å²) in [5.74, 6) is 1.91. The second kappa shape index (κ2) is 7.07. The quantitative estimate of drug-likeness (QED) is 0.705. The molecule has 0 atom stereocenters. The predicted octanol–water partition coefficient (Wildman–Crippen LogP) is 2.47. The van der Waals surface area contributed by atoms with E-state index in [1.807, 2.05) is 41.4 Å². The first-order valence-electron chi connectivity index (χ1n) is 9.77. The summed E-state index contributed by atoms with van der Waals surface area (Å²) in [5.41, 5.74) is 2.37. The Hall–Kier alpha value is -3.22. The molecule has 1 aromatic carbocycles. The van der Waals surface area contributed by atoms with Crippen molar-refractivity contribution in [3.8, 4) is 5.82 Å². The molecule has 2 aromatic heterocycles. The van der Waals surface area contributed by atoms with Crippen LogP contribution in [0.3, 0.4) is 0 Å². The van der Waals surface area contributed by atoms with E-state index in [-0.39, 0.29) is 11.8 Å². The third kappa shape index (κ3) is 3.02. The van der Waals surface area contributed by atoms with Crippen molar-refractivity contribution in [3.05, 3.63) is 60.4 Å². The lowest BCUT2D eigenvalue weighted by molar-refractivity contribution is -0.122. The molecule has 0 radical (unpaired) electrons. The molecule has 4 heterocycles. The van der Waals surface area contributed by atoms with Crippen LogP contribution in [0.1, 0.15) is 18.4 Å². The van der Waals surface area contributed by atoms with Crippen LogP contribution in [0.25, 0.3) is 5.82 Å². The highest BCUT2D eigenvalue weighted by atomic mass is 16.2. The van der Waals surface area contributed by atoms with Crippen LogP contribution in [0.15, 0.2) is 54.9 Å². The molecular weight excluding hydrogens is 352 g/mol. The monoisotopic (exact) mass is 374 g/mol. The Kier molecular flexibility index (Phi) is 4.27. The number of nitrogens with zero attached hydrogens (tertiary/aromatic N) is 6. The van der Waals surface area contributed by atoms with Crippen LogP contribution in [0.4, 0.5) is 11.5 Å². The van der Waals surface area contributed by atoms with E-state index in [1.165, 1.54) is 5.56 Å². The molecule has 3 aromatic rings. The van der Waals surface area contributed by atoms with Crippen molar-refractivity contribution in [2.24, 2.45) is 5.92 Å². The number of rotatable bonds is 3. The second-order valence-electron chi connectivity index (χ2n) is 7.33. The lowest BCUT2D eigenvalue weighted by Crippen LogP contribution is -2.42. The van der Waals surface area contributed by atoms with E-state index in [0.717, 1.165) is 50.4 Å². The molecule has 1 amide bonds. The van der Waals surface area contributed by atoms with Gasteiger partial charge in [0.15, 0.2) is 11.6 Å². The van der Waals surface area contributed by atoms with Gasteiger partial charge in [-0.3, -0.25) is 4.79 Å². The molecule has 1 saturated heterocycles. The van der Waals surface area contributed by atoms with Gasteiger partial charge in [0.2, 0.25) is 5.91 Å². The minimum absolute atomic E-state index is 0.0821. The lowest BCUT2D eigenvalue weighted by atomic mass is 9.95. The number of hydrogen-bond acceptors (Lipinski definition) is 5. The summed E-state index contributed by atoms with van der Waals surface area (Å²) >= 11 is 0. The largest absolute Gasteiger partial charge is 0.355 e. The van der Waals surface area contributed by atoms with E-state index >= 15 is 0 Å². The third-order valence-corrected chi connectivity index (χ3v) is 5.70. The minimum atomic E-state index is 0.0821. The van der Waals surface area contributed by atoms with E-state index in [2.05, 4.69) is 32.3 Å². The van der Waals surface area contributed by atoms with Gasteiger partial charge in [-0.05, 0) is 49.1 Å². The van der Waals surface area contributed by atoms with Crippen molar-refractivity contribution < 1.29 is 4.79 Å². The molecule has 5 rings (SSSR count). The van der Waals surface area contributed by atoms with Crippen LogP contribution < -0.4 is 9.80 Å². The first-order chi connectivity index (χ1) is 13.8. The molecule has 28 heavy (non-hydrogen) atoms. The number of anilines is 2. The van der Waals surface area contributed by atoms with E-state index in [1.54, 1.807) is 10.9 Å². The van der Waals surface area contributed by atoms with Crippen LogP contribution >= 0.6 is 0 Å². The van der Waals surface area contributed by atoms with Crippen molar-refractivity contribution in [2.75, 3.05) is 29.4 Å². The van der Waals surface area contributed by atoms with Crippen molar-refractivity contribution in [1.82, 2.24) is 20.0 Å². The molecule has 0 unspecified atom stereocenters. The van der Waals surface area contributed by atoms with Crippen molar-refractivity contribution in [2.45, 2.75) is 19.3 Å². The van der Waals surface area contributed by atoms with Crippen LogP contribution in [0.5, 0.6) is 0 Å². The summed E-state index contributed by atoms with van der Waals surface area (Å²) in [5, 5.41) is 12.8. The second-order valence-corrected chi connectivity index (χ2v) is 7.33. The first-order valence-corrected chi connectivity index (χ1v) is 9.77. The number of aromatic nitrogens is 4. The molecule has 0 bridgehead atoms. The van der Waals surface area contributed by atoms with Gasteiger partial charge in [-0.2, -0.15) is 5.10 Å². The summed E-state index contributed by atoms with van der Waals surface area (Å²) in [7, 11) is 0. The van der Waals surface area contributed by atoms with Gasteiger partial charge < -0.3 is 9.80 Å². The summed E-state index contributed by atoms with van der Waals surface area (Å²) in [6.07, 6.45) is 6.21. The van der Waals surface area contributed by atoms with Gasteiger partial charge in [-0.1, -0.05) is 18.2 Å². The van der Waals surface area contributed by atoms with Gasteiger partial charge in [-0.25, -0.2) is 4.68 Å². The lowest BCUT2D eigenvalue weighted by Gasteiger charge is -2.33. The van der Waals surface area contributed by atoms with Crippen LogP contribution in [-0.4, -0.2) is 45.5 Å². The summed E-state index contributed by atoms with van der Waals surface area (Å²) in [4.78, 5) is 17.2. The fourth-order valence-electron chi connectivity index (χ4n) is 4.16. The fourth-order valence-corrected chi connectivity index (χ4v) is 4.16. The van der Waals surface area contributed by atoms with Crippen LogP contribution in [-0.2, 0) is 11.2 Å². The van der Waals surface area contributed by atoms with Gasteiger partial charge in [0.05, 0.1) is 0 Å². The average molecular weight is 374 g/mol. The molecule has 2 aliphatic heterocycles. The van der Waals surface area contributed by atoms with Crippen molar-refractivity contribution in [3.63, 3.8) is 0 Å². The standard InChI is InChI=1S/C21H22N6O/c28-21(26-15-10-16-4-1-2-5-18(16)26)17-8-13-25(14-9-17)19-6-7-20(24-23-19)27-12-3-11-22-27/h1-7,11-12,17H,8-10,13-15H2. The molecule has 2 aliphatic rings. The number of carbonyl (C=O) groups is 1. The smallest absolute Gasteiger partial charge is 0.230 e. The number of carbonyl (C=O) groups excluding carboxylic acids is 1. The number of para-hydroxylation sites is 1. The zero-order valence-corrected chi connectivity index (χ0v) is 15.6. The molecule has 7 heteroatoms. The van der Waals surface area contributed by atoms with E-state index < -0.39 is 0 Å². The predicted molar refractivity (Wildman–Crippen MR) is 107 cm³/mol. The summed E-state index contributed by atoms with van der Waals surface area (Å²) < 4.78 is 1.69. The Morgan fingerprint density at radius 1 is 0.929 bits per heavy atom. The molecule has 0 aliphatic carbocycles. The maximum Gasteiger partial charge on any atom is 0.230 e. The normalized spacial score (nSPS) is 17.0. The zero-order chi connectivity index (χ0) is 18.9. The van der Waals surface area contributed by atoms with E-state index in [4.69, 9.17) is 0 Å². The highest BCUT2D eigenvalue weighted by Gasteiger charge is 2.32. The maximum absolute atomic E-state index is 13.1. The number of benzene rings is 1. The number of amides is 1. The Morgan fingerprint density at radius 2 is 1.71 bits per heavy atom. The molecule has 0 spiro atoms. The topological polar surface area (TPSA) is 67.2 Å². The Labute approximate surface area is 163 Å². The highest BCUT2D eigenvalue weighted by Crippen LogP contribution is 2.31. The number of hydrogen-bond donors (Lipinski definition) is 0. The van der Waals surface area contributed by atoms with Crippen LogP contribution in [0.2, 0.25) is 0 Å². The number of piperidine rings is 1. The summed E-state index contributed by atoms with van der Waals surface area (Å²) in [6.45, 7) is 2.45. The average Bonchev–Trinajstić information content (AvgIpc) is 3.44. The van der Waals surface area contributed by atoms with Crippen molar-refractivity contribution in [1.29, 1.82) is 0 Å². The first kappa shape index (κ1) is 16.9. The third-order valence-electron chi connectivity index (χ3n) is 5.70. The Bertz CT molecular complexity index is 961. The minimum Gasteiger partial charge on any atom is -0.355 e. The Balaban J connectivity index is 1.22.